The van der Waals surface area contributed by atoms with Crippen LogP contribution in [0.4, 0.5) is 17.6 Å². The Kier molecular flexibility index (Phi) is 8.62. The summed E-state index contributed by atoms with van der Waals surface area (Å²) >= 11 is 0. The molecule has 1 aliphatic rings. The van der Waals surface area contributed by atoms with Crippen LogP contribution in [0.2, 0.25) is 0 Å². The lowest BCUT2D eigenvalue weighted by atomic mass is 9.89. The highest BCUT2D eigenvalue weighted by Crippen LogP contribution is 2.37. The van der Waals surface area contributed by atoms with E-state index in [9.17, 15) is 35.6 Å². The average Bonchev–Trinajstić information content (AvgIpc) is 3.32. The molecule has 1 aliphatic carbocycles. The van der Waals surface area contributed by atoms with E-state index in [2.05, 4.69) is 4.98 Å². The molecule has 1 saturated carbocycles. The first kappa shape index (κ1) is 30.3. The molecule has 41 heavy (non-hydrogen) atoms. The van der Waals surface area contributed by atoms with Gasteiger partial charge in [0.2, 0.25) is 0 Å². The number of aryl methyl sites for hydroxylation is 3. The lowest BCUT2D eigenvalue weighted by Gasteiger charge is -2.23. The molecular formula is C29H31F4N3O4S. The van der Waals surface area contributed by atoms with Crippen LogP contribution in [0.5, 0.6) is 0 Å². The number of fused-ring (bicyclic) bond motifs is 1. The quantitative estimate of drug-likeness (QED) is 0.281. The first-order chi connectivity index (χ1) is 19.3. The van der Waals surface area contributed by atoms with E-state index in [-0.39, 0.29) is 39.2 Å². The van der Waals surface area contributed by atoms with Gasteiger partial charge in [-0.1, -0.05) is 37.0 Å². The first-order valence-electron chi connectivity index (χ1n) is 13.3. The minimum atomic E-state index is -4.05. The van der Waals surface area contributed by atoms with Crippen LogP contribution >= 0.6 is 0 Å². The lowest BCUT2D eigenvalue weighted by molar-refractivity contribution is -0.181. The van der Waals surface area contributed by atoms with E-state index in [1.54, 1.807) is 26.0 Å². The molecule has 0 aliphatic heterocycles. The van der Waals surface area contributed by atoms with Crippen LogP contribution in [0.15, 0.2) is 63.1 Å². The van der Waals surface area contributed by atoms with E-state index in [4.69, 9.17) is 0 Å². The Labute approximate surface area is 234 Å². The maximum atomic E-state index is 14.8. The highest BCUT2D eigenvalue weighted by Gasteiger charge is 2.39. The number of aromatic nitrogens is 3. The maximum Gasteiger partial charge on any atom is 0.391 e. The first-order valence-corrected chi connectivity index (χ1v) is 14.7. The molecule has 3 heterocycles. The third-order valence-electron chi connectivity index (χ3n) is 7.26. The molecule has 1 N–H and O–H groups in total. The average molecular weight is 594 g/mol. The molecule has 12 heteroatoms. The molecule has 0 saturated heterocycles. The van der Waals surface area contributed by atoms with Gasteiger partial charge in [0.25, 0.3) is 21.1 Å². The van der Waals surface area contributed by atoms with Crippen LogP contribution in [-0.2, 0) is 16.6 Å². The van der Waals surface area contributed by atoms with E-state index < -0.39 is 33.5 Å². The fraction of sp³-hybridized carbons (Fsp3) is 0.379. The monoisotopic (exact) mass is 593 g/mol. The SMILES string of the molecule is CCn1c(=O)ccc2c1c(-c1cc(C)[nH]c(=O)c1F)cn2S(=O)(=O)c1ccc(C)cc1.FC(F)(F)C1CCCCC1. The molecule has 220 valence electrons. The van der Waals surface area contributed by atoms with Gasteiger partial charge in [-0.15, -0.1) is 0 Å². The zero-order valence-electron chi connectivity index (χ0n) is 22.9. The zero-order valence-corrected chi connectivity index (χ0v) is 23.7. The molecule has 1 aromatic carbocycles. The Morgan fingerprint density at radius 3 is 2.15 bits per heavy atom. The summed E-state index contributed by atoms with van der Waals surface area (Å²) in [6, 6.07) is 10.4. The highest BCUT2D eigenvalue weighted by molar-refractivity contribution is 7.90. The number of pyridine rings is 2. The molecule has 0 bridgehead atoms. The number of benzene rings is 1. The summed E-state index contributed by atoms with van der Waals surface area (Å²) in [5.74, 6) is -2.04. The number of halogens is 4. The normalized spacial score (nSPS) is 14.6. The van der Waals surface area contributed by atoms with Gasteiger partial charge in [0.15, 0.2) is 5.82 Å². The highest BCUT2D eigenvalue weighted by atomic mass is 32.2. The Morgan fingerprint density at radius 2 is 1.59 bits per heavy atom. The van der Waals surface area contributed by atoms with Crippen molar-refractivity contribution in [3.8, 4) is 11.1 Å². The fourth-order valence-electron chi connectivity index (χ4n) is 5.11. The summed E-state index contributed by atoms with van der Waals surface area (Å²) in [7, 11) is -4.05. The number of hydrogen-bond acceptors (Lipinski definition) is 4. The van der Waals surface area contributed by atoms with Crippen molar-refractivity contribution >= 4 is 21.1 Å². The smallest absolute Gasteiger partial charge is 0.324 e. The molecule has 4 aromatic rings. The summed E-state index contributed by atoms with van der Waals surface area (Å²) in [5, 5.41) is 0. The van der Waals surface area contributed by atoms with Crippen LogP contribution in [0.25, 0.3) is 22.2 Å². The van der Waals surface area contributed by atoms with E-state index in [1.807, 2.05) is 6.92 Å². The van der Waals surface area contributed by atoms with E-state index in [1.165, 1.54) is 41.1 Å². The summed E-state index contributed by atoms with van der Waals surface area (Å²) in [6.07, 6.45) is 0.525. The topological polar surface area (TPSA) is 93.9 Å². The second-order valence-corrected chi connectivity index (χ2v) is 12.0. The molecule has 3 aromatic heterocycles. The Bertz CT molecular complexity index is 1780. The van der Waals surface area contributed by atoms with Crippen LogP contribution in [0, 0.1) is 25.6 Å². The minimum absolute atomic E-state index is 0.0540. The van der Waals surface area contributed by atoms with Crippen LogP contribution in [0.3, 0.4) is 0 Å². The summed E-state index contributed by atoms with van der Waals surface area (Å²) in [5.41, 5.74) is 0.572. The van der Waals surface area contributed by atoms with Crippen molar-refractivity contribution in [3.63, 3.8) is 0 Å². The number of rotatable bonds is 4. The predicted octanol–water partition coefficient (Wildman–Crippen LogP) is 6.30. The Morgan fingerprint density at radius 1 is 0.951 bits per heavy atom. The van der Waals surface area contributed by atoms with Crippen molar-refractivity contribution in [1.82, 2.24) is 13.5 Å². The van der Waals surface area contributed by atoms with Gasteiger partial charge >= 0.3 is 6.18 Å². The van der Waals surface area contributed by atoms with Crippen molar-refractivity contribution in [3.05, 3.63) is 86.4 Å². The standard InChI is InChI=1S/C22H20FN3O4S.C7H11F3/c1-4-25-19(27)10-9-18-21(25)17(16-11-14(3)24-22(28)20(16)23)12-26(18)31(29,30)15-7-5-13(2)6-8-15;8-7(9,10)6-4-2-1-3-5-6/h5-12H,4H2,1-3H3,(H,24,28);6H,1-5H2. The summed E-state index contributed by atoms with van der Waals surface area (Å²) < 4.78 is 79.9. The molecular weight excluding hydrogens is 562 g/mol. The van der Waals surface area contributed by atoms with Crippen LogP contribution in [-0.4, -0.2) is 28.1 Å². The molecule has 0 spiro atoms. The number of nitrogens with one attached hydrogen (secondary N) is 1. The van der Waals surface area contributed by atoms with Gasteiger partial charge in [0, 0.05) is 35.6 Å². The second kappa shape index (κ2) is 11.7. The largest absolute Gasteiger partial charge is 0.391 e. The maximum absolute atomic E-state index is 14.8. The number of hydrogen-bond donors (Lipinski definition) is 1. The third-order valence-corrected chi connectivity index (χ3v) is 8.95. The van der Waals surface area contributed by atoms with E-state index in [0.29, 0.717) is 18.5 Å². The molecule has 5 rings (SSSR count). The molecule has 0 radical (unpaired) electrons. The number of H-pyrrole nitrogens is 1. The molecule has 0 atom stereocenters. The Balaban J connectivity index is 0.000000328. The van der Waals surface area contributed by atoms with Gasteiger partial charge < -0.3 is 9.55 Å². The van der Waals surface area contributed by atoms with E-state index in [0.717, 1.165) is 28.8 Å². The summed E-state index contributed by atoms with van der Waals surface area (Å²) in [6.45, 7) is 5.41. The van der Waals surface area contributed by atoms with Crippen LogP contribution in [0.1, 0.15) is 50.3 Å². The van der Waals surface area contributed by atoms with Crippen molar-refractivity contribution in [2.75, 3.05) is 0 Å². The molecule has 0 amide bonds. The zero-order chi connectivity index (χ0) is 30.1. The third kappa shape index (κ3) is 6.17. The minimum Gasteiger partial charge on any atom is -0.324 e. The van der Waals surface area contributed by atoms with Gasteiger partial charge in [-0.3, -0.25) is 9.59 Å². The van der Waals surface area contributed by atoms with E-state index >= 15 is 0 Å². The number of aromatic amines is 1. The van der Waals surface area contributed by atoms with Gasteiger partial charge in [-0.05, 0) is 57.9 Å². The Hall–Kier alpha value is -3.67. The number of alkyl halides is 3. The summed E-state index contributed by atoms with van der Waals surface area (Å²) in [4.78, 5) is 26.9. The van der Waals surface area contributed by atoms with Gasteiger partial charge in [-0.2, -0.15) is 13.2 Å². The lowest BCUT2D eigenvalue weighted by Crippen LogP contribution is -2.24. The molecule has 7 nitrogen and oxygen atoms in total. The van der Waals surface area contributed by atoms with Crippen molar-refractivity contribution in [2.45, 2.75) is 70.5 Å². The predicted molar refractivity (Wildman–Crippen MR) is 149 cm³/mol. The van der Waals surface area contributed by atoms with Gasteiger partial charge in [-0.25, -0.2) is 16.8 Å². The van der Waals surface area contributed by atoms with Crippen molar-refractivity contribution in [2.24, 2.45) is 5.92 Å². The van der Waals surface area contributed by atoms with Gasteiger partial charge in [0.1, 0.15) is 0 Å². The van der Waals surface area contributed by atoms with Crippen LogP contribution < -0.4 is 11.1 Å². The fourth-order valence-corrected chi connectivity index (χ4v) is 6.47. The van der Waals surface area contributed by atoms with Crippen molar-refractivity contribution < 1.29 is 26.0 Å². The van der Waals surface area contributed by atoms with Gasteiger partial charge in [0.05, 0.1) is 21.8 Å². The molecule has 0 unspecified atom stereocenters. The number of nitrogens with zero attached hydrogens (tertiary/aromatic N) is 2. The second-order valence-electron chi connectivity index (χ2n) is 10.2. The van der Waals surface area contributed by atoms with Crippen molar-refractivity contribution in [1.29, 1.82) is 0 Å². The molecule has 1 fully saturated rings.